The molecule has 0 aliphatic carbocycles. The van der Waals surface area contributed by atoms with Crippen LogP contribution in [0.5, 0.6) is 0 Å². The summed E-state index contributed by atoms with van der Waals surface area (Å²) in [6.07, 6.45) is 3.13. The molecule has 2 atom stereocenters. The lowest BCUT2D eigenvalue weighted by atomic mass is 10.1. The van der Waals surface area contributed by atoms with E-state index >= 15 is 0 Å². The second-order valence-corrected chi connectivity index (χ2v) is 5.29. The van der Waals surface area contributed by atoms with E-state index in [1.807, 2.05) is 0 Å². The highest BCUT2D eigenvalue weighted by Gasteiger charge is 2.39. The van der Waals surface area contributed by atoms with Gasteiger partial charge in [0.25, 0.3) is 0 Å². The van der Waals surface area contributed by atoms with Gasteiger partial charge in [0, 0.05) is 24.4 Å². The third-order valence-corrected chi connectivity index (χ3v) is 2.48. The van der Waals surface area contributed by atoms with Crippen molar-refractivity contribution in [1.29, 1.82) is 0 Å². The molecule has 1 amide bonds. The molecule has 1 aliphatic rings. The summed E-state index contributed by atoms with van der Waals surface area (Å²) in [5, 5.41) is 10.6. The molecule has 2 rings (SSSR count). The summed E-state index contributed by atoms with van der Waals surface area (Å²) >= 11 is 0. The van der Waals surface area contributed by atoms with Crippen molar-refractivity contribution < 1.29 is 19.5 Å². The van der Waals surface area contributed by atoms with Crippen LogP contribution in [-0.2, 0) is 9.57 Å². The number of aromatic nitrogens is 2. The van der Waals surface area contributed by atoms with Crippen LogP contribution in [0.2, 0.25) is 0 Å². The van der Waals surface area contributed by atoms with Crippen LogP contribution in [0.4, 0.5) is 4.79 Å². The normalized spacial score (nSPS) is 23.5. The Balaban J connectivity index is 2.16. The third-order valence-electron chi connectivity index (χ3n) is 2.48. The highest BCUT2D eigenvalue weighted by atomic mass is 16.8. The summed E-state index contributed by atoms with van der Waals surface area (Å²) < 4.78 is 5.23. The quantitative estimate of drug-likeness (QED) is 0.828. The Morgan fingerprint density at radius 2 is 2.11 bits per heavy atom. The summed E-state index contributed by atoms with van der Waals surface area (Å²) in [6, 6.07) is -0.453. The molecule has 7 heteroatoms. The predicted molar refractivity (Wildman–Crippen MR) is 64.6 cm³/mol. The Morgan fingerprint density at radius 1 is 1.47 bits per heavy atom. The minimum absolute atomic E-state index is 0.257. The van der Waals surface area contributed by atoms with Gasteiger partial charge in [-0.05, 0) is 20.8 Å². The second kappa shape index (κ2) is 5.10. The number of hydrogen-bond donors (Lipinski definition) is 1. The number of ether oxygens (including phenoxy) is 1. The number of amides is 1. The van der Waals surface area contributed by atoms with Gasteiger partial charge >= 0.3 is 6.09 Å². The van der Waals surface area contributed by atoms with E-state index in [9.17, 15) is 9.90 Å². The van der Waals surface area contributed by atoms with Crippen molar-refractivity contribution in [1.82, 2.24) is 15.0 Å². The van der Waals surface area contributed by atoms with E-state index in [1.165, 1.54) is 6.33 Å². The van der Waals surface area contributed by atoms with Gasteiger partial charge in [0.05, 0.1) is 6.04 Å². The van der Waals surface area contributed by atoms with Crippen molar-refractivity contribution in [3.8, 4) is 0 Å². The smallest absolute Gasteiger partial charge is 0.435 e. The van der Waals surface area contributed by atoms with E-state index in [1.54, 1.807) is 33.2 Å². The number of hydroxylamine groups is 2. The van der Waals surface area contributed by atoms with E-state index in [-0.39, 0.29) is 6.42 Å². The number of hydrogen-bond acceptors (Lipinski definition) is 6. The molecular weight excluding hydrogens is 250 g/mol. The molecule has 0 spiro atoms. The van der Waals surface area contributed by atoms with Crippen LogP contribution in [0.25, 0.3) is 0 Å². The lowest BCUT2D eigenvalue weighted by Gasteiger charge is -2.26. The van der Waals surface area contributed by atoms with Crippen molar-refractivity contribution in [3.63, 3.8) is 0 Å². The van der Waals surface area contributed by atoms with E-state index in [2.05, 4.69) is 9.97 Å². The maximum atomic E-state index is 12.0. The molecule has 1 aliphatic heterocycles. The minimum atomic E-state index is -1.04. The van der Waals surface area contributed by atoms with Gasteiger partial charge in [0.2, 0.25) is 0 Å². The number of carbonyl (C=O) groups excluding carboxylic acids is 1. The van der Waals surface area contributed by atoms with E-state index in [0.29, 0.717) is 5.56 Å². The van der Waals surface area contributed by atoms with Gasteiger partial charge in [-0.25, -0.2) is 19.6 Å². The topological polar surface area (TPSA) is 84.8 Å². The molecule has 1 aromatic rings. The van der Waals surface area contributed by atoms with Crippen LogP contribution >= 0.6 is 0 Å². The molecule has 104 valence electrons. The van der Waals surface area contributed by atoms with Crippen LogP contribution in [-0.4, -0.2) is 38.1 Å². The molecule has 1 aromatic heterocycles. The van der Waals surface area contributed by atoms with Crippen molar-refractivity contribution in [2.75, 3.05) is 0 Å². The maximum absolute atomic E-state index is 12.0. The maximum Gasteiger partial charge on any atom is 0.435 e. The second-order valence-electron chi connectivity index (χ2n) is 5.29. The standard InChI is InChI=1S/C12H17N3O4/c1-12(2,3)18-11(17)15-9(4-10(16)19-15)8-5-13-7-14-6-8/h5-7,9-10,16H,4H2,1-3H3/t9-,10?/m0/s1. The summed E-state index contributed by atoms with van der Waals surface area (Å²) in [7, 11) is 0. The van der Waals surface area contributed by atoms with Crippen LogP contribution in [0.1, 0.15) is 38.8 Å². The molecule has 19 heavy (non-hydrogen) atoms. The third kappa shape index (κ3) is 3.39. The van der Waals surface area contributed by atoms with Crippen molar-refractivity contribution in [2.24, 2.45) is 0 Å². The molecule has 0 aromatic carbocycles. The van der Waals surface area contributed by atoms with Crippen LogP contribution in [0.3, 0.4) is 0 Å². The van der Waals surface area contributed by atoms with E-state index < -0.39 is 24.0 Å². The molecule has 1 unspecified atom stereocenters. The zero-order valence-electron chi connectivity index (χ0n) is 11.1. The Labute approximate surface area is 111 Å². The first-order valence-electron chi connectivity index (χ1n) is 5.99. The molecular formula is C12H17N3O4. The zero-order valence-corrected chi connectivity index (χ0v) is 11.1. The average Bonchev–Trinajstić information content (AvgIpc) is 2.70. The first-order valence-corrected chi connectivity index (χ1v) is 5.99. The predicted octanol–water partition coefficient (Wildman–Crippen LogP) is 1.41. The lowest BCUT2D eigenvalue weighted by Crippen LogP contribution is -2.36. The van der Waals surface area contributed by atoms with Gasteiger partial charge in [0.15, 0.2) is 6.29 Å². The number of aliphatic hydroxyl groups is 1. The first kappa shape index (κ1) is 13.7. The SMILES string of the molecule is CC(C)(C)OC(=O)N1OC(O)C[C@H]1c1cncnc1. The Hall–Kier alpha value is -1.73. The van der Waals surface area contributed by atoms with Gasteiger partial charge < -0.3 is 9.84 Å². The lowest BCUT2D eigenvalue weighted by molar-refractivity contribution is -0.207. The van der Waals surface area contributed by atoms with Gasteiger partial charge in [-0.2, -0.15) is 5.06 Å². The molecule has 1 fully saturated rings. The fraction of sp³-hybridized carbons (Fsp3) is 0.583. The molecule has 0 radical (unpaired) electrons. The monoisotopic (exact) mass is 267 g/mol. The van der Waals surface area contributed by atoms with E-state index in [0.717, 1.165) is 5.06 Å². The van der Waals surface area contributed by atoms with Gasteiger partial charge in [-0.1, -0.05) is 0 Å². The highest BCUT2D eigenvalue weighted by molar-refractivity contribution is 5.67. The number of nitrogens with zero attached hydrogens (tertiary/aromatic N) is 3. The van der Waals surface area contributed by atoms with Gasteiger partial charge in [-0.15, -0.1) is 0 Å². The molecule has 1 N–H and O–H groups in total. The number of rotatable bonds is 1. The van der Waals surface area contributed by atoms with Gasteiger partial charge in [0.1, 0.15) is 11.9 Å². The minimum Gasteiger partial charge on any atom is -0.442 e. The number of carbonyl (C=O) groups is 1. The Kier molecular flexibility index (Phi) is 3.68. The summed E-state index contributed by atoms with van der Waals surface area (Å²) in [6.45, 7) is 5.29. The largest absolute Gasteiger partial charge is 0.442 e. The summed E-state index contributed by atoms with van der Waals surface area (Å²) in [5.41, 5.74) is 0.0519. The average molecular weight is 267 g/mol. The molecule has 1 saturated heterocycles. The fourth-order valence-corrected chi connectivity index (χ4v) is 1.77. The first-order chi connectivity index (χ1) is 8.87. The van der Waals surface area contributed by atoms with Crippen molar-refractivity contribution >= 4 is 6.09 Å². The zero-order chi connectivity index (χ0) is 14.0. The van der Waals surface area contributed by atoms with Crippen LogP contribution in [0.15, 0.2) is 18.7 Å². The number of aliphatic hydroxyl groups excluding tert-OH is 1. The fourth-order valence-electron chi connectivity index (χ4n) is 1.77. The Morgan fingerprint density at radius 3 is 2.68 bits per heavy atom. The molecule has 0 bridgehead atoms. The molecule has 2 heterocycles. The molecule has 0 saturated carbocycles. The highest BCUT2D eigenvalue weighted by Crippen LogP contribution is 2.33. The van der Waals surface area contributed by atoms with Crippen molar-refractivity contribution in [2.45, 2.75) is 45.1 Å². The van der Waals surface area contributed by atoms with Crippen LogP contribution in [0, 0.1) is 0 Å². The Bertz CT molecular complexity index is 446. The van der Waals surface area contributed by atoms with Gasteiger partial charge in [-0.3, -0.25) is 0 Å². The van der Waals surface area contributed by atoms with E-state index in [4.69, 9.17) is 9.57 Å². The van der Waals surface area contributed by atoms with Crippen LogP contribution < -0.4 is 0 Å². The van der Waals surface area contributed by atoms with Crippen molar-refractivity contribution in [3.05, 3.63) is 24.3 Å². The summed E-state index contributed by atoms with van der Waals surface area (Å²) in [4.78, 5) is 24.9. The molecule has 7 nitrogen and oxygen atoms in total. The summed E-state index contributed by atoms with van der Waals surface area (Å²) in [5.74, 6) is 0.